The number of halogens is 2. The summed E-state index contributed by atoms with van der Waals surface area (Å²) in [5, 5.41) is 0. The van der Waals surface area contributed by atoms with E-state index in [1.54, 1.807) is 0 Å². The largest absolute Gasteiger partial charge is 0.465 e. The molecule has 4 heterocycles. The number of amides is 1. The SMILES string of the molecule is Cc1ccc(CN2C[C@@H]3COC[C@]3(CC(=O)N3CC(F)(F)C3)C2)o1. The molecular formula is C17H22F2N2O3. The van der Waals surface area contributed by atoms with Crippen LogP contribution in [0.15, 0.2) is 16.5 Å². The molecule has 0 radical (unpaired) electrons. The normalized spacial score (nSPS) is 32.0. The maximum Gasteiger partial charge on any atom is 0.282 e. The molecule has 24 heavy (non-hydrogen) atoms. The third kappa shape index (κ3) is 2.84. The number of aryl methyl sites for hydroxylation is 1. The van der Waals surface area contributed by atoms with E-state index in [4.69, 9.17) is 9.15 Å². The van der Waals surface area contributed by atoms with Gasteiger partial charge in [0.25, 0.3) is 5.92 Å². The molecule has 3 aliphatic rings. The van der Waals surface area contributed by atoms with Crippen LogP contribution in [0.4, 0.5) is 8.78 Å². The van der Waals surface area contributed by atoms with E-state index in [0.717, 1.165) is 24.6 Å². The monoisotopic (exact) mass is 340 g/mol. The van der Waals surface area contributed by atoms with Crippen molar-refractivity contribution >= 4 is 5.91 Å². The van der Waals surface area contributed by atoms with E-state index in [0.29, 0.717) is 26.2 Å². The molecular weight excluding hydrogens is 318 g/mol. The number of carbonyl (C=O) groups excluding carboxylic acids is 1. The Morgan fingerprint density at radius 2 is 2.12 bits per heavy atom. The summed E-state index contributed by atoms with van der Waals surface area (Å²) in [6, 6.07) is 3.92. The van der Waals surface area contributed by atoms with Gasteiger partial charge in [-0.25, -0.2) is 8.78 Å². The van der Waals surface area contributed by atoms with Crippen molar-refractivity contribution in [2.75, 3.05) is 39.4 Å². The third-order valence-corrected chi connectivity index (χ3v) is 5.47. The first-order valence-corrected chi connectivity index (χ1v) is 8.36. The summed E-state index contributed by atoms with van der Waals surface area (Å²) in [7, 11) is 0. The zero-order chi connectivity index (χ0) is 16.9. The van der Waals surface area contributed by atoms with Gasteiger partial charge in [0.15, 0.2) is 0 Å². The average Bonchev–Trinajstić information content (AvgIpc) is 3.10. The van der Waals surface area contributed by atoms with Crippen molar-refractivity contribution in [1.82, 2.24) is 9.80 Å². The van der Waals surface area contributed by atoms with E-state index in [1.807, 2.05) is 19.1 Å². The fourth-order valence-corrected chi connectivity index (χ4v) is 4.21. The maximum absolute atomic E-state index is 13.0. The number of furan rings is 1. The summed E-state index contributed by atoms with van der Waals surface area (Å²) in [5.41, 5.74) is -0.246. The Kier molecular flexibility index (Phi) is 3.69. The zero-order valence-electron chi connectivity index (χ0n) is 13.8. The molecule has 0 saturated carbocycles. The molecule has 1 amide bonds. The lowest BCUT2D eigenvalue weighted by Crippen LogP contribution is -2.59. The molecule has 3 fully saturated rings. The van der Waals surface area contributed by atoms with Crippen LogP contribution in [0.1, 0.15) is 17.9 Å². The molecule has 5 nitrogen and oxygen atoms in total. The van der Waals surface area contributed by atoms with Crippen LogP contribution in [-0.4, -0.2) is 61.0 Å². The number of carbonyl (C=O) groups is 1. The van der Waals surface area contributed by atoms with Crippen molar-refractivity contribution in [2.45, 2.75) is 25.8 Å². The van der Waals surface area contributed by atoms with Gasteiger partial charge in [-0.2, -0.15) is 0 Å². The summed E-state index contributed by atoms with van der Waals surface area (Å²) >= 11 is 0. The second-order valence-electron chi connectivity index (χ2n) is 7.54. The van der Waals surface area contributed by atoms with E-state index in [1.165, 1.54) is 4.90 Å². The summed E-state index contributed by atoms with van der Waals surface area (Å²) in [5.74, 6) is -0.808. The Morgan fingerprint density at radius 3 is 2.79 bits per heavy atom. The summed E-state index contributed by atoms with van der Waals surface area (Å²) in [6.45, 7) is 4.50. The van der Waals surface area contributed by atoms with Crippen molar-refractivity contribution in [3.63, 3.8) is 0 Å². The Labute approximate surface area is 139 Å². The second kappa shape index (κ2) is 5.52. The molecule has 3 aliphatic heterocycles. The first kappa shape index (κ1) is 16.0. The van der Waals surface area contributed by atoms with Crippen LogP contribution >= 0.6 is 0 Å². The van der Waals surface area contributed by atoms with Gasteiger partial charge >= 0.3 is 0 Å². The number of fused-ring (bicyclic) bond motifs is 1. The Balaban J connectivity index is 1.40. The van der Waals surface area contributed by atoms with E-state index in [2.05, 4.69) is 4.90 Å². The summed E-state index contributed by atoms with van der Waals surface area (Å²) in [6.07, 6.45) is 0.293. The number of alkyl halides is 2. The zero-order valence-corrected chi connectivity index (χ0v) is 13.8. The highest BCUT2D eigenvalue weighted by Gasteiger charge is 2.54. The minimum atomic E-state index is -2.71. The van der Waals surface area contributed by atoms with Crippen LogP contribution in [0.5, 0.6) is 0 Å². The first-order chi connectivity index (χ1) is 11.4. The lowest BCUT2D eigenvalue weighted by molar-refractivity contribution is -0.168. The van der Waals surface area contributed by atoms with Gasteiger partial charge in [-0.05, 0) is 19.1 Å². The molecule has 3 saturated heterocycles. The predicted molar refractivity (Wildman–Crippen MR) is 81.6 cm³/mol. The van der Waals surface area contributed by atoms with Crippen LogP contribution in [0, 0.1) is 18.3 Å². The number of hydrogen-bond acceptors (Lipinski definition) is 4. The lowest BCUT2D eigenvalue weighted by Gasteiger charge is -2.40. The highest BCUT2D eigenvalue weighted by molar-refractivity contribution is 5.78. The molecule has 0 aliphatic carbocycles. The highest BCUT2D eigenvalue weighted by atomic mass is 19.3. The van der Waals surface area contributed by atoms with Gasteiger partial charge in [0.2, 0.25) is 5.91 Å². The molecule has 1 aromatic rings. The predicted octanol–water partition coefficient (Wildman–Crippen LogP) is 1.90. The molecule has 0 aromatic carbocycles. The Bertz CT molecular complexity index is 640. The second-order valence-corrected chi connectivity index (χ2v) is 7.54. The molecule has 2 atom stereocenters. The fraction of sp³-hybridized carbons (Fsp3) is 0.706. The summed E-state index contributed by atoms with van der Waals surface area (Å²) in [4.78, 5) is 15.9. The van der Waals surface area contributed by atoms with Gasteiger partial charge in [0, 0.05) is 30.8 Å². The standard InChI is InChI=1S/C17H22F2N2O3/c1-12-2-3-14(24-12)6-20-5-13-7-23-11-16(13,8-20)4-15(22)21-9-17(18,19)10-21/h2-3,13H,4-11H2,1H3/t13-,16+/m1/s1. The molecule has 7 heteroatoms. The first-order valence-electron chi connectivity index (χ1n) is 8.36. The van der Waals surface area contributed by atoms with Gasteiger partial charge in [0.1, 0.15) is 11.5 Å². The molecule has 4 rings (SSSR count). The van der Waals surface area contributed by atoms with Crippen LogP contribution in [0.3, 0.4) is 0 Å². The minimum absolute atomic E-state index is 0.174. The van der Waals surface area contributed by atoms with Crippen LogP contribution < -0.4 is 0 Å². The quantitative estimate of drug-likeness (QED) is 0.840. The third-order valence-electron chi connectivity index (χ3n) is 5.47. The van der Waals surface area contributed by atoms with Gasteiger partial charge in [-0.1, -0.05) is 0 Å². The van der Waals surface area contributed by atoms with Crippen molar-refractivity contribution in [3.8, 4) is 0 Å². The van der Waals surface area contributed by atoms with Crippen molar-refractivity contribution in [3.05, 3.63) is 23.7 Å². The number of rotatable bonds is 4. The topological polar surface area (TPSA) is 45.9 Å². The lowest BCUT2D eigenvalue weighted by atomic mass is 9.77. The van der Waals surface area contributed by atoms with Crippen LogP contribution in [-0.2, 0) is 16.1 Å². The number of likely N-dealkylation sites (tertiary alicyclic amines) is 2. The fourth-order valence-electron chi connectivity index (χ4n) is 4.21. The minimum Gasteiger partial charge on any atom is -0.465 e. The molecule has 132 valence electrons. The van der Waals surface area contributed by atoms with Crippen molar-refractivity contribution in [2.24, 2.45) is 11.3 Å². The van der Waals surface area contributed by atoms with Gasteiger partial charge < -0.3 is 14.1 Å². The van der Waals surface area contributed by atoms with E-state index < -0.39 is 19.0 Å². The van der Waals surface area contributed by atoms with Crippen molar-refractivity contribution in [1.29, 1.82) is 0 Å². The molecule has 1 aromatic heterocycles. The highest BCUT2D eigenvalue weighted by Crippen LogP contribution is 2.45. The Morgan fingerprint density at radius 1 is 1.33 bits per heavy atom. The molecule has 0 bridgehead atoms. The smallest absolute Gasteiger partial charge is 0.282 e. The van der Waals surface area contributed by atoms with Crippen LogP contribution in [0.25, 0.3) is 0 Å². The van der Waals surface area contributed by atoms with Gasteiger partial charge in [-0.3, -0.25) is 9.69 Å². The van der Waals surface area contributed by atoms with Gasteiger partial charge in [0.05, 0.1) is 32.8 Å². The summed E-state index contributed by atoms with van der Waals surface area (Å²) < 4.78 is 37.3. The van der Waals surface area contributed by atoms with E-state index in [-0.39, 0.29) is 17.2 Å². The van der Waals surface area contributed by atoms with E-state index >= 15 is 0 Å². The number of ether oxygens (including phenoxy) is 1. The van der Waals surface area contributed by atoms with E-state index in [9.17, 15) is 13.6 Å². The maximum atomic E-state index is 13.0. The molecule has 0 unspecified atom stereocenters. The molecule has 0 spiro atoms. The number of hydrogen-bond donors (Lipinski definition) is 0. The Hall–Kier alpha value is -1.47. The average molecular weight is 340 g/mol. The van der Waals surface area contributed by atoms with Crippen LogP contribution in [0.2, 0.25) is 0 Å². The van der Waals surface area contributed by atoms with Crippen molar-refractivity contribution < 1.29 is 22.7 Å². The van der Waals surface area contributed by atoms with Gasteiger partial charge in [-0.15, -0.1) is 0 Å². The number of nitrogens with zero attached hydrogens (tertiary/aromatic N) is 2. The molecule has 0 N–H and O–H groups in total.